The van der Waals surface area contributed by atoms with Crippen molar-refractivity contribution in [3.8, 4) is 5.75 Å². The van der Waals surface area contributed by atoms with Crippen LogP contribution < -0.4 is 26.6 Å². The number of nitrogens with one attached hydrogen (secondary N) is 5. The van der Waals surface area contributed by atoms with Gasteiger partial charge in [0, 0.05) is 12.5 Å². The topological polar surface area (TPSA) is 195 Å². The molecule has 2 aromatic carbocycles. The summed E-state index contributed by atoms with van der Waals surface area (Å²) in [5.74, 6) is -2.56. The first-order valence-electron chi connectivity index (χ1n) is 19.9. The summed E-state index contributed by atoms with van der Waals surface area (Å²) in [6.07, 6.45) is 0.736. The summed E-state index contributed by atoms with van der Waals surface area (Å²) in [6.45, 7) is 16.6. The lowest BCUT2D eigenvalue weighted by atomic mass is 9.87. The van der Waals surface area contributed by atoms with Crippen molar-refractivity contribution in [2.75, 3.05) is 12.0 Å². The molecule has 0 heterocycles. The zero-order valence-electron chi connectivity index (χ0n) is 35.4. The zero-order chi connectivity index (χ0) is 42.9. The molecular weight excluding hydrogens is 747 g/mol. The van der Waals surface area contributed by atoms with Crippen LogP contribution in [0.3, 0.4) is 0 Å². The number of hydrogen-bond acceptors (Lipinski definition) is 9. The Hall–Kier alpha value is -4.30. The van der Waals surface area contributed by atoms with Crippen LogP contribution in [0.5, 0.6) is 5.75 Å². The Labute approximate surface area is 343 Å². The van der Waals surface area contributed by atoms with Gasteiger partial charge in [0.15, 0.2) is 0 Å². The number of benzene rings is 2. The van der Waals surface area contributed by atoms with Gasteiger partial charge in [-0.3, -0.25) is 19.2 Å². The maximum Gasteiger partial charge on any atom is 0.408 e. The van der Waals surface area contributed by atoms with Gasteiger partial charge in [-0.2, -0.15) is 11.8 Å². The fraction of sp³-hybridized carbons (Fsp3) is 0.605. The monoisotopic (exact) mass is 813 g/mol. The van der Waals surface area contributed by atoms with E-state index < -0.39 is 65.6 Å². The third kappa shape index (κ3) is 18.2. The summed E-state index contributed by atoms with van der Waals surface area (Å²) in [5, 5.41) is 36.0. The predicted octanol–water partition coefficient (Wildman–Crippen LogP) is 5.08. The molecular formula is C43H67N5O8S. The summed E-state index contributed by atoms with van der Waals surface area (Å²) in [7, 11) is 0. The smallest absolute Gasteiger partial charge is 0.408 e. The molecule has 0 radical (unpaired) electrons. The predicted molar refractivity (Wildman–Crippen MR) is 225 cm³/mol. The SMILES string of the molecule is CSCC[C@H](NC(=O)[C@@H](NC(=O)OC(C)(C)C)C(C)C)C(=O)N[C@@H](CC(C)C)[C@@H](O)C[C@@H](Cc1ccc(O)cc1)C(=O)N[C@H](C(=O)NCc1ccccc1)C(C)C. The molecule has 2 rings (SSSR count). The van der Waals surface area contributed by atoms with Crippen molar-refractivity contribution in [2.24, 2.45) is 23.7 Å². The van der Waals surface area contributed by atoms with Crippen LogP contribution in [0.1, 0.15) is 92.7 Å². The molecule has 0 saturated heterocycles. The molecule has 5 amide bonds. The molecule has 57 heavy (non-hydrogen) atoms. The minimum Gasteiger partial charge on any atom is -0.508 e. The van der Waals surface area contributed by atoms with Gasteiger partial charge in [0.1, 0.15) is 29.5 Å². The van der Waals surface area contributed by atoms with Crippen LogP contribution in [0.4, 0.5) is 4.79 Å². The first-order valence-corrected chi connectivity index (χ1v) is 21.3. The van der Waals surface area contributed by atoms with E-state index >= 15 is 0 Å². The third-order valence-electron chi connectivity index (χ3n) is 9.25. The molecule has 0 bridgehead atoms. The van der Waals surface area contributed by atoms with Crippen LogP contribution >= 0.6 is 11.8 Å². The Morgan fingerprint density at radius 3 is 1.86 bits per heavy atom. The second-order valence-corrected chi connectivity index (χ2v) is 17.7. The van der Waals surface area contributed by atoms with E-state index in [1.54, 1.807) is 46.8 Å². The lowest BCUT2D eigenvalue weighted by molar-refractivity contribution is -0.133. The molecule has 2 aromatic rings. The molecule has 13 nitrogen and oxygen atoms in total. The van der Waals surface area contributed by atoms with E-state index in [1.807, 2.05) is 64.3 Å². The van der Waals surface area contributed by atoms with Crippen LogP contribution in [0, 0.1) is 23.7 Å². The van der Waals surface area contributed by atoms with Gasteiger partial charge in [0.2, 0.25) is 23.6 Å². The quantitative estimate of drug-likeness (QED) is 0.0849. The first-order chi connectivity index (χ1) is 26.7. The highest BCUT2D eigenvalue weighted by Gasteiger charge is 2.35. The Morgan fingerprint density at radius 2 is 1.32 bits per heavy atom. The number of ether oxygens (including phenoxy) is 1. The molecule has 318 valence electrons. The Morgan fingerprint density at radius 1 is 0.719 bits per heavy atom. The number of carbonyl (C=O) groups is 5. The average Bonchev–Trinajstić information content (AvgIpc) is 3.12. The van der Waals surface area contributed by atoms with E-state index in [1.165, 1.54) is 23.9 Å². The standard InChI is InChI=1S/C43H67N5O8S/c1-26(2)22-34(46-39(52)33(20-21-57-10)45-41(54)37(28(5)6)48-42(55)56-43(7,8)9)35(50)24-31(23-29-16-18-32(49)19-17-29)38(51)47-36(27(3)4)40(53)44-25-30-14-12-11-13-15-30/h11-19,26-28,31,33-37,49-50H,20-25H2,1-10H3,(H,44,53)(H,45,54)(H,46,52)(H,47,51)(H,48,55)/t31-,33+,34+,35+,36+,37+/m1/s1. The maximum atomic E-state index is 14.1. The highest BCUT2D eigenvalue weighted by molar-refractivity contribution is 7.98. The third-order valence-corrected chi connectivity index (χ3v) is 9.90. The van der Waals surface area contributed by atoms with Crippen molar-refractivity contribution in [3.05, 3.63) is 65.7 Å². The van der Waals surface area contributed by atoms with Gasteiger partial charge in [0.05, 0.1) is 12.1 Å². The van der Waals surface area contributed by atoms with Crippen LogP contribution in [0.15, 0.2) is 54.6 Å². The molecule has 7 N–H and O–H groups in total. The summed E-state index contributed by atoms with van der Waals surface area (Å²) in [5.41, 5.74) is 0.879. The highest BCUT2D eigenvalue weighted by atomic mass is 32.2. The Kier molecular flexibility index (Phi) is 20.4. The van der Waals surface area contributed by atoms with Crippen molar-refractivity contribution in [2.45, 2.75) is 130 Å². The van der Waals surface area contributed by atoms with Crippen molar-refractivity contribution in [1.82, 2.24) is 26.6 Å². The number of thioether (sulfide) groups is 1. The van der Waals surface area contributed by atoms with Gasteiger partial charge >= 0.3 is 6.09 Å². The second kappa shape index (κ2) is 23.8. The van der Waals surface area contributed by atoms with E-state index in [0.29, 0.717) is 18.7 Å². The number of alkyl carbamates (subject to hydrolysis) is 1. The van der Waals surface area contributed by atoms with Gasteiger partial charge in [-0.15, -0.1) is 0 Å². The molecule has 14 heteroatoms. The Bertz CT molecular complexity index is 1570. The lowest BCUT2D eigenvalue weighted by Gasteiger charge is -2.31. The number of aromatic hydroxyl groups is 1. The van der Waals surface area contributed by atoms with Crippen molar-refractivity contribution >= 4 is 41.5 Å². The molecule has 0 aromatic heterocycles. The number of amides is 5. The van der Waals surface area contributed by atoms with Crippen LogP contribution in [0.2, 0.25) is 0 Å². The maximum absolute atomic E-state index is 14.1. The van der Waals surface area contributed by atoms with Gasteiger partial charge in [-0.25, -0.2) is 4.79 Å². The molecule has 6 atom stereocenters. The molecule has 0 spiro atoms. The number of rotatable bonds is 22. The minimum atomic E-state index is -1.19. The summed E-state index contributed by atoms with van der Waals surface area (Å²) in [4.78, 5) is 67.6. The molecule has 0 aliphatic carbocycles. The number of hydrogen-bond donors (Lipinski definition) is 7. The number of phenolic OH excluding ortho intramolecular Hbond substituents is 1. The van der Waals surface area contributed by atoms with Crippen LogP contribution in [-0.4, -0.2) is 87.8 Å². The largest absolute Gasteiger partial charge is 0.508 e. The number of aliphatic hydroxyl groups excluding tert-OH is 1. The highest BCUT2D eigenvalue weighted by Crippen LogP contribution is 2.22. The van der Waals surface area contributed by atoms with Gasteiger partial charge < -0.3 is 41.5 Å². The lowest BCUT2D eigenvalue weighted by Crippen LogP contribution is -2.58. The summed E-state index contributed by atoms with van der Waals surface area (Å²) in [6, 6.07) is 12.3. The van der Waals surface area contributed by atoms with E-state index in [-0.39, 0.29) is 48.7 Å². The molecule has 0 aliphatic heterocycles. The number of aliphatic hydroxyl groups is 1. The number of phenols is 1. The molecule has 0 aliphatic rings. The molecule has 0 fully saturated rings. The van der Waals surface area contributed by atoms with Crippen LogP contribution in [-0.2, 0) is 36.9 Å². The summed E-state index contributed by atoms with van der Waals surface area (Å²) < 4.78 is 5.36. The van der Waals surface area contributed by atoms with Gasteiger partial charge in [-0.05, 0) is 99.5 Å². The van der Waals surface area contributed by atoms with Crippen molar-refractivity contribution in [3.63, 3.8) is 0 Å². The average molecular weight is 814 g/mol. The Balaban J connectivity index is 2.33. The van der Waals surface area contributed by atoms with E-state index in [0.717, 1.165) is 11.1 Å². The van der Waals surface area contributed by atoms with Gasteiger partial charge in [0.25, 0.3) is 0 Å². The van der Waals surface area contributed by atoms with Crippen molar-refractivity contribution in [1.29, 1.82) is 0 Å². The van der Waals surface area contributed by atoms with Crippen LogP contribution in [0.25, 0.3) is 0 Å². The second-order valence-electron chi connectivity index (χ2n) is 16.8. The molecule has 0 unspecified atom stereocenters. The van der Waals surface area contributed by atoms with E-state index in [9.17, 15) is 34.2 Å². The zero-order valence-corrected chi connectivity index (χ0v) is 36.2. The fourth-order valence-electron chi connectivity index (χ4n) is 6.20. The number of carbonyl (C=O) groups excluding carboxylic acids is 5. The normalized spacial score (nSPS) is 14.8. The van der Waals surface area contributed by atoms with E-state index in [4.69, 9.17) is 4.74 Å². The molecule has 0 saturated carbocycles. The van der Waals surface area contributed by atoms with Crippen molar-refractivity contribution < 1.29 is 38.9 Å². The van der Waals surface area contributed by atoms with Gasteiger partial charge in [-0.1, -0.05) is 84.0 Å². The van der Waals surface area contributed by atoms with E-state index in [2.05, 4.69) is 26.6 Å². The first kappa shape index (κ1) is 48.8. The minimum absolute atomic E-state index is 0.0375. The fourth-order valence-corrected chi connectivity index (χ4v) is 6.67. The summed E-state index contributed by atoms with van der Waals surface area (Å²) >= 11 is 1.51.